The molecule has 0 amide bonds. The maximum absolute atomic E-state index is 4.64. The number of allylic oxidation sites excluding steroid dienone is 1. The van der Waals surface area contributed by atoms with E-state index >= 15 is 0 Å². The average molecular weight is 442 g/mol. The Labute approximate surface area is 193 Å². The molecule has 0 aliphatic heterocycles. The normalized spacial score (nSPS) is 14.2. The lowest BCUT2D eigenvalue weighted by Crippen LogP contribution is -2.31. The second-order valence-corrected chi connectivity index (χ2v) is 9.43. The summed E-state index contributed by atoms with van der Waals surface area (Å²) in [5.74, 6) is 0. The summed E-state index contributed by atoms with van der Waals surface area (Å²) in [6.45, 7) is 0. The van der Waals surface area contributed by atoms with Crippen LogP contribution in [0.1, 0.15) is 22.4 Å². The molecule has 6 heteroatoms. The van der Waals surface area contributed by atoms with Crippen molar-refractivity contribution in [1.29, 1.82) is 0 Å². The van der Waals surface area contributed by atoms with E-state index in [2.05, 4.69) is 114 Å². The summed E-state index contributed by atoms with van der Waals surface area (Å²) in [6.07, 6.45) is 5.38. The number of rotatable bonds is 5. The number of anilines is 2. The zero-order valence-corrected chi connectivity index (χ0v) is 19.6. The van der Waals surface area contributed by atoms with E-state index in [-0.39, 0.29) is 5.41 Å². The highest BCUT2D eigenvalue weighted by Crippen LogP contribution is 2.44. The SMILES string of the molecule is CN(C)c1cccc(C2(c3cccc(N(C)C)c3)C=Cc3c(-c4cscn4)n[nH]c3C2)c1. The standard InChI is InChI=1S/C26H27N5S/c1-30(2)20-9-5-7-18(13-20)26(19-8-6-10-21(14-19)31(3)4)12-11-22-23(15-26)28-29-25(22)24-16-32-17-27-24/h5-14,16-17H,15H2,1-4H3,(H,28,29). The van der Waals surface area contributed by atoms with Gasteiger partial charge in [0.15, 0.2) is 0 Å². The highest BCUT2D eigenvalue weighted by molar-refractivity contribution is 7.07. The zero-order chi connectivity index (χ0) is 22.3. The summed E-state index contributed by atoms with van der Waals surface area (Å²) >= 11 is 1.59. The van der Waals surface area contributed by atoms with Crippen molar-refractivity contribution in [3.63, 3.8) is 0 Å². The molecule has 5 nitrogen and oxygen atoms in total. The predicted molar refractivity (Wildman–Crippen MR) is 135 cm³/mol. The Hall–Kier alpha value is -3.38. The smallest absolute Gasteiger partial charge is 0.119 e. The van der Waals surface area contributed by atoms with Gasteiger partial charge in [-0.3, -0.25) is 5.10 Å². The largest absolute Gasteiger partial charge is 0.378 e. The minimum absolute atomic E-state index is 0.295. The van der Waals surface area contributed by atoms with Crippen LogP contribution in [-0.4, -0.2) is 43.4 Å². The van der Waals surface area contributed by atoms with Crippen molar-refractivity contribution in [3.8, 4) is 11.4 Å². The van der Waals surface area contributed by atoms with E-state index in [4.69, 9.17) is 0 Å². The van der Waals surface area contributed by atoms with Crippen LogP contribution in [0.25, 0.3) is 17.5 Å². The first-order chi connectivity index (χ1) is 15.5. The van der Waals surface area contributed by atoms with Crippen LogP contribution in [0.2, 0.25) is 0 Å². The summed E-state index contributed by atoms with van der Waals surface area (Å²) < 4.78 is 0. The Kier molecular flexibility index (Phi) is 5.10. The first kappa shape index (κ1) is 20.5. The molecule has 2 heterocycles. The molecule has 162 valence electrons. The van der Waals surface area contributed by atoms with Gasteiger partial charge in [0.05, 0.1) is 5.51 Å². The van der Waals surface area contributed by atoms with Gasteiger partial charge in [-0.25, -0.2) is 4.98 Å². The molecular weight excluding hydrogens is 414 g/mol. The number of H-pyrrole nitrogens is 1. The molecule has 2 aromatic heterocycles. The van der Waals surface area contributed by atoms with E-state index in [0.29, 0.717) is 0 Å². The minimum atomic E-state index is -0.295. The maximum Gasteiger partial charge on any atom is 0.119 e. The van der Waals surface area contributed by atoms with Crippen LogP contribution in [0.15, 0.2) is 65.5 Å². The second-order valence-electron chi connectivity index (χ2n) is 8.71. The number of nitrogens with zero attached hydrogens (tertiary/aromatic N) is 4. The fourth-order valence-electron chi connectivity index (χ4n) is 4.48. The fourth-order valence-corrected chi connectivity index (χ4v) is 5.01. The molecule has 1 aliphatic carbocycles. The van der Waals surface area contributed by atoms with Crippen molar-refractivity contribution in [3.05, 3.63) is 87.9 Å². The maximum atomic E-state index is 4.64. The lowest BCUT2D eigenvalue weighted by molar-refractivity contribution is 0.620. The number of fused-ring (bicyclic) bond motifs is 1. The molecule has 4 aromatic rings. The average Bonchev–Trinajstić information content (AvgIpc) is 3.48. The highest BCUT2D eigenvalue weighted by atomic mass is 32.1. The van der Waals surface area contributed by atoms with Crippen LogP contribution in [0.4, 0.5) is 11.4 Å². The van der Waals surface area contributed by atoms with Gasteiger partial charge in [-0.2, -0.15) is 5.10 Å². The first-order valence-electron chi connectivity index (χ1n) is 10.7. The van der Waals surface area contributed by atoms with Crippen LogP contribution in [0.5, 0.6) is 0 Å². The second kappa shape index (κ2) is 7.95. The predicted octanol–water partition coefficient (Wildman–Crippen LogP) is 5.22. The van der Waals surface area contributed by atoms with E-state index in [1.165, 1.54) is 22.5 Å². The molecule has 0 unspecified atom stereocenters. The van der Waals surface area contributed by atoms with Crippen molar-refractivity contribution in [2.75, 3.05) is 38.0 Å². The van der Waals surface area contributed by atoms with Gasteiger partial charge < -0.3 is 9.80 Å². The third-order valence-corrected chi connectivity index (χ3v) is 6.89. The number of nitrogens with one attached hydrogen (secondary N) is 1. The summed E-state index contributed by atoms with van der Waals surface area (Å²) in [6, 6.07) is 17.7. The third-order valence-electron chi connectivity index (χ3n) is 6.30. The molecule has 0 atom stereocenters. The molecule has 0 bridgehead atoms. The van der Waals surface area contributed by atoms with Crippen molar-refractivity contribution < 1.29 is 0 Å². The topological polar surface area (TPSA) is 48.1 Å². The molecular formula is C26H27N5S. The molecule has 2 aromatic carbocycles. The quantitative estimate of drug-likeness (QED) is 0.461. The summed E-state index contributed by atoms with van der Waals surface area (Å²) in [7, 11) is 8.34. The lowest BCUT2D eigenvalue weighted by Gasteiger charge is -2.35. The van der Waals surface area contributed by atoms with Crippen LogP contribution in [0, 0.1) is 0 Å². The summed E-state index contributed by atoms with van der Waals surface area (Å²) in [4.78, 5) is 8.78. The van der Waals surface area contributed by atoms with E-state index in [9.17, 15) is 0 Å². The Morgan fingerprint density at radius 3 is 2.16 bits per heavy atom. The third kappa shape index (κ3) is 3.41. The van der Waals surface area contributed by atoms with Crippen molar-refractivity contribution in [2.24, 2.45) is 0 Å². The number of benzene rings is 2. The number of hydrogen-bond donors (Lipinski definition) is 1. The molecule has 1 aliphatic rings. The number of thiazole rings is 1. The van der Waals surface area contributed by atoms with Gasteiger partial charge in [0.25, 0.3) is 0 Å². The Balaban J connectivity index is 1.69. The highest BCUT2D eigenvalue weighted by Gasteiger charge is 2.37. The summed E-state index contributed by atoms with van der Waals surface area (Å²) in [5, 5.41) is 10.0. The number of hydrogen-bond acceptors (Lipinski definition) is 5. The van der Waals surface area contributed by atoms with Crippen molar-refractivity contribution >= 4 is 28.8 Å². The van der Waals surface area contributed by atoms with E-state index in [1.807, 2.05) is 10.9 Å². The van der Waals surface area contributed by atoms with E-state index in [0.717, 1.165) is 29.1 Å². The van der Waals surface area contributed by atoms with E-state index in [1.54, 1.807) is 11.3 Å². The Bertz CT molecular complexity index is 1220. The van der Waals surface area contributed by atoms with Crippen LogP contribution in [0.3, 0.4) is 0 Å². The van der Waals surface area contributed by atoms with Gasteiger partial charge >= 0.3 is 0 Å². The van der Waals surface area contributed by atoms with Gasteiger partial charge in [0, 0.05) is 68.0 Å². The lowest BCUT2D eigenvalue weighted by atomic mass is 9.68. The van der Waals surface area contributed by atoms with Gasteiger partial charge in [0.2, 0.25) is 0 Å². The van der Waals surface area contributed by atoms with Crippen molar-refractivity contribution in [2.45, 2.75) is 11.8 Å². The van der Waals surface area contributed by atoms with Gasteiger partial charge in [-0.05, 0) is 35.4 Å². The van der Waals surface area contributed by atoms with Crippen molar-refractivity contribution in [1.82, 2.24) is 15.2 Å². The molecule has 0 saturated carbocycles. The summed E-state index contributed by atoms with van der Waals surface area (Å²) in [5.41, 5.74) is 10.6. The zero-order valence-electron chi connectivity index (χ0n) is 18.8. The van der Waals surface area contributed by atoms with E-state index < -0.39 is 0 Å². The van der Waals surface area contributed by atoms with Gasteiger partial charge in [-0.15, -0.1) is 11.3 Å². The first-order valence-corrected chi connectivity index (χ1v) is 11.6. The van der Waals surface area contributed by atoms with Crippen LogP contribution >= 0.6 is 11.3 Å². The van der Waals surface area contributed by atoms with Crippen LogP contribution in [-0.2, 0) is 11.8 Å². The molecule has 0 spiro atoms. The van der Waals surface area contributed by atoms with Gasteiger partial charge in [0.1, 0.15) is 11.4 Å². The number of aromatic nitrogens is 3. The molecule has 32 heavy (non-hydrogen) atoms. The molecule has 0 radical (unpaired) electrons. The molecule has 1 N–H and O–H groups in total. The monoisotopic (exact) mass is 441 g/mol. The molecule has 0 saturated heterocycles. The minimum Gasteiger partial charge on any atom is -0.378 e. The Morgan fingerprint density at radius 2 is 1.59 bits per heavy atom. The number of aromatic amines is 1. The van der Waals surface area contributed by atoms with Crippen LogP contribution < -0.4 is 9.80 Å². The van der Waals surface area contributed by atoms with Gasteiger partial charge in [-0.1, -0.05) is 36.4 Å². The molecule has 5 rings (SSSR count). The Morgan fingerprint density at radius 1 is 0.938 bits per heavy atom. The fraction of sp³-hybridized carbons (Fsp3) is 0.231. The molecule has 0 fully saturated rings.